The molecule has 0 aromatic carbocycles. The van der Waals surface area contributed by atoms with Crippen LogP contribution in [0.2, 0.25) is 0 Å². The van der Waals surface area contributed by atoms with Gasteiger partial charge in [0.2, 0.25) is 0 Å². The molecular weight excluding hydrogens is 344 g/mol. The van der Waals surface area contributed by atoms with Crippen molar-refractivity contribution in [1.29, 1.82) is 0 Å². The highest BCUT2D eigenvalue weighted by atomic mass is 16.6. The maximum absolute atomic E-state index is 11.8. The molecule has 1 atom stereocenters. The molecule has 26 heavy (non-hydrogen) atoms. The van der Waals surface area contributed by atoms with Crippen molar-refractivity contribution in [2.75, 3.05) is 20.8 Å². The lowest BCUT2D eigenvalue weighted by atomic mass is 9.96. The molecule has 0 radical (unpaired) electrons. The molecule has 0 aliphatic heterocycles. The highest BCUT2D eigenvalue weighted by Crippen LogP contribution is 2.17. The molecule has 0 fully saturated rings. The van der Waals surface area contributed by atoms with Crippen LogP contribution in [0.4, 0.5) is 0 Å². The molecule has 0 saturated carbocycles. The van der Waals surface area contributed by atoms with E-state index >= 15 is 0 Å². The zero-order chi connectivity index (χ0) is 19.9. The Kier molecular flexibility index (Phi) is 12.2. The standard InChI is InChI=1S/C18H26O8/c1-5-13(6-2)11-14(26-18(22)10-8-16(20)24-4)12-25-17(21)9-7-15(19)23-3/h7-10,13-14H,5-6,11-12H2,1-4H3/b9-7+,10-8+. The van der Waals surface area contributed by atoms with Crippen LogP contribution >= 0.6 is 0 Å². The van der Waals surface area contributed by atoms with Gasteiger partial charge in [0.25, 0.3) is 0 Å². The zero-order valence-corrected chi connectivity index (χ0v) is 15.6. The summed E-state index contributed by atoms with van der Waals surface area (Å²) in [5.41, 5.74) is 0. The quantitative estimate of drug-likeness (QED) is 0.308. The Morgan fingerprint density at radius 1 is 0.769 bits per heavy atom. The summed E-state index contributed by atoms with van der Waals surface area (Å²) >= 11 is 0. The van der Waals surface area contributed by atoms with Gasteiger partial charge in [-0.1, -0.05) is 26.7 Å². The molecule has 146 valence electrons. The Bertz CT molecular complexity index is 531. The van der Waals surface area contributed by atoms with E-state index in [0.29, 0.717) is 6.42 Å². The Morgan fingerprint density at radius 3 is 1.69 bits per heavy atom. The van der Waals surface area contributed by atoms with E-state index in [9.17, 15) is 19.2 Å². The monoisotopic (exact) mass is 370 g/mol. The Hall–Kier alpha value is -2.64. The van der Waals surface area contributed by atoms with Gasteiger partial charge in [0.15, 0.2) is 0 Å². The molecule has 0 aromatic heterocycles. The third-order valence-corrected chi connectivity index (χ3v) is 3.56. The smallest absolute Gasteiger partial charge is 0.331 e. The number of hydrogen-bond acceptors (Lipinski definition) is 8. The normalized spacial score (nSPS) is 12.2. The fraction of sp³-hybridized carbons (Fsp3) is 0.556. The fourth-order valence-electron chi connectivity index (χ4n) is 1.98. The molecule has 0 aliphatic rings. The van der Waals surface area contributed by atoms with E-state index in [0.717, 1.165) is 37.1 Å². The summed E-state index contributed by atoms with van der Waals surface area (Å²) in [7, 11) is 2.38. The first kappa shape index (κ1) is 23.4. The summed E-state index contributed by atoms with van der Waals surface area (Å²) in [6.45, 7) is 3.85. The van der Waals surface area contributed by atoms with Gasteiger partial charge >= 0.3 is 23.9 Å². The lowest BCUT2D eigenvalue weighted by Crippen LogP contribution is -2.27. The van der Waals surface area contributed by atoms with E-state index in [4.69, 9.17) is 9.47 Å². The summed E-state index contributed by atoms with van der Waals surface area (Å²) in [6.07, 6.45) is 5.33. The van der Waals surface area contributed by atoms with Crippen LogP contribution in [0.25, 0.3) is 0 Å². The molecule has 0 saturated heterocycles. The number of rotatable bonds is 11. The lowest BCUT2D eigenvalue weighted by Gasteiger charge is -2.21. The van der Waals surface area contributed by atoms with Gasteiger partial charge in [-0.25, -0.2) is 19.2 Å². The zero-order valence-electron chi connectivity index (χ0n) is 15.6. The number of carbonyl (C=O) groups is 4. The first-order valence-electron chi connectivity index (χ1n) is 8.25. The van der Waals surface area contributed by atoms with Gasteiger partial charge in [0, 0.05) is 24.3 Å². The molecule has 0 N–H and O–H groups in total. The SMILES string of the molecule is CCC(CC)CC(COC(=O)/C=C/C(=O)OC)OC(=O)/C=C/C(=O)OC. The van der Waals surface area contributed by atoms with Crippen LogP contribution in [-0.4, -0.2) is 50.8 Å². The molecule has 0 bridgehead atoms. The van der Waals surface area contributed by atoms with Crippen molar-refractivity contribution in [3.05, 3.63) is 24.3 Å². The minimum atomic E-state index is -0.758. The maximum Gasteiger partial charge on any atom is 0.331 e. The summed E-state index contributed by atoms with van der Waals surface area (Å²) in [5.74, 6) is -2.59. The van der Waals surface area contributed by atoms with Gasteiger partial charge in [-0.2, -0.15) is 0 Å². The predicted molar refractivity (Wildman–Crippen MR) is 91.8 cm³/mol. The van der Waals surface area contributed by atoms with Crippen molar-refractivity contribution in [1.82, 2.24) is 0 Å². The second-order valence-corrected chi connectivity index (χ2v) is 5.32. The number of carbonyl (C=O) groups excluding carboxylic acids is 4. The highest BCUT2D eigenvalue weighted by Gasteiger charge is 2.19. The average Bonchev–Trinajstić information content (AvgIpc) is 2.65. The number of ether oxygens (including phenoxy) is 4. The molecule has 0 amide bonds. The summed E-state index contributed by atoms with van der Waals surface area (Å²) in [6, 6.07) is 0. The van der Waals surface area contributed by atoms with E-state index in [1.54, 1.807) is 0 Å². The van der Waals surface area contributed by atoms with Crippen LogP contribution in [0.3, 0.4) is 0 Å². The van der Waals surface area contributed by atoms with E-state index < -0.39 is 30.0 Å². The molecule has 8 nitrogen and oxygen atoms in total. The number of hydrogen-bond donors (Lipinski definition) is 0. The molecule has 0 aromatic rings. The van der Waals surface area contributed by atoms with Gasteiger partial charge in [-0.05, 0) is 12.3 Å². The molecule has 0 rings (SSSR count). The Balaban J connectivity index is 4.78. The van der Waals surface area contributed by atoms with Gasteiger partial charge in [-0.3, -0.25) is 0 Å². The third kappa shape index (κ3) is 11.0. The maximum atomic E-state index is 11.8. The van der Waals surface area contributed by atoms with Crippen molar-refractivity contribution in [3.63, 3.8) is 0 Å². The average molecular weight is 370 g/mol. The predicted octanol–water partition coefficient (Wildman–Crippen LogP) is 1.73. The van der Waals surface area contributed by atoms with E-state index in [1.807, 2.05) is 13.8 Å². The minimum absolute atomic E-state index is 0.168. The van der Waals surface area contributed by atoms with Crippen LogP contribution in [0.1, 0.15) is 33.1 Å². The van der Waals surface area contributed by atoms with Crippen molar-refractivity contribution in [3.8, 4) is 0 Å². The van der Waals surface area contributed by atoms with Crippen LogP contribution in [0, 0.1) is 5.92 Å². The van der Waals surface area contributed by atoms with Crippen LogP contribution < -0.4 is 0 Å². The first-order valence-corrected chi connectivity index (χ1v) is 8.25. The van der Waals surface area contributed by atoms with E-state index in [-0.39, 0.29) is 12.5 Å². The second kappa shape index (κ2) is 13.6. The minimum Gasteiger partial charge on any atom is -0.466 e. The van der Waals surface area contributed by atoms with E-state index in [1.165, 1.54) is 14.2 Å². The number of methoxy groups -OCH3 is 2. The van der Waals surface area contributed by atoms with Crippen molar-refractivity contribution >= 4 is 23.9 Å². The van der Waals surface area contributed by atoms with Gasteiger partial charge in [-0.15, -0.1) is 0 Å². The van der Waals surface area contributed by atoms with E-state index in [2.05, 4.69) is 9.47 Å². The van der Waals surface area contributed by atoms with Crippen LogP contribution in [0.15, 0.2) is 24.3 Å². The Labute approximate surface area is 153 Å². The number of esters is 4. The van der Waals surface area contributed by atoms with Crippen molar-refractivity contribution < 1.29 is 38.1 Å². The summed E-state index contributed by atoms with van der Waals surface area (Å²) in [4.78, 5) is 45.3. The molecule has 0 heterocycles. The van der Waals surface area contributed by atoms with Gasteiger partial charge < -0.3 is 18.9 Å². The molecule has 1 unspecified atom stereocenters. The van der Waals surface area contributed by atoms with Gasteiger partial charge in [0.1, 0.15) is 12.7 Å². The summed E-state index contributed by atoms with van der Waals surface area (Å²) < 4.78 is 19.0. The third-order valence-electron chi connectivity index (χ3n) is 3.56. The summed E-state index contributed by atoms with van der Waals surface area (Å²) in [5, 5.41) is 0. The fourth-order valence-corrected chi connectivity index (χ4v) is 1.98. The van der Waals surface area contributed by atoms with Crippen LogP contribution in [-0.2, 0) is 38.1 Å². The molecule has 0 aliphatic carbocycles. The largest absolute Gasteiger partial charge is 0.466 e. The highest BCUT2D eigenvalue weighted by molar-refractivity contribution is 5.92. The van der Waals surface area contributed by atoms with Crippen molar-refractivity contribution in [2.45, 2.75) is 39.2 Å². The second-order valence-electron chi connectivity index (χ2n) is 5.32. The first-order chi connectivity index (χ1) is 12.4. The Morgan fingerprint density at radius 2 is 1.23 bits per heavy atom. The van der Waals surface area contributed by atoms with Crippen molar-refractivity contribution in [2.24, 2.45) is 5.92 Å². The molecule has 8 heteroatoms. The topological polar surface area (TPSA) is 105 Å². The molecular formula is C18H26O8. The van der Waals surface area contributed by atoms with Crippen LogP contribution in [0.5, 0.6) is 0 Å². The molecule has 0 spiro atoms. The van der Waals surface area contributed by atoms with Gasteiger partial charge in [0.05, 0.1) is 14.2 Å². The lowest BCUT2D eigenvalue weighted by molar-refractivity contribution is -0.154.